The predicted octanol–water partition coefficient (Wildman–Crippen LogP) is 4.16. The average Bonchev–Trinajstić information content (AvgIpc) is 2.67. The molecule has 0 saturated carbocycles. The molecule has 0 aromatic heterocycles. The van der Waals surface area contributed by atoms with Gasteiger partial charge in [0.25, 0.3) is 5.91 Å². The van der Waals surface area contributed by atoms with E-state index in [1.807, 2.05) is 12.1 Å². The van der Waals surface area contributed by atoms with E-state index in [0.717, 1.165) is 29.8 Å². The summed E-state index contributed by atoms with van der Waals surface area (Å²) in [4.78, 5) is 23.8. The van der Waals surface area contributed by atoms with Crippen LogP contribution >= 0.6 is 0 Å². The zero-order valence-corrected chi connectivity index (χ0v) is 17.8. The van der Waals surface area contributed by atoms with Gasteiger partial charge in [-0.05, 0) is 54.3 Å². The molecule has 0 fully saturated rings. The Kier molecular flexibility index (Phi) is 6.97. The van der Waals surface area contributed by atoms with Gasteiger partial charge in [0.15, 0.2) is 6.10 Å². The van der Waals surface area contributed by atoms with Crippen LogP contribution in [-0.2, 0) is 24.8 Å². The second kappa shape index (κ2) is 8.91. The maximum atomic E-state index is 12.6. The van der Waals surface area contributed by atoms with Crippen molar-refractivity contribution in [1.29, 1.82) is 0 Å². The summed E-state index contributed by atoms with van der Waals surface area (Å²) >= 11 is 0. The van der Waals surface area contributed by atoms with Crippen LogP contribution < -0.4 is 5.32 Å². The number of benzene rings is 2. The molecule has 0 aliphatic heterocycles. The maximum absolute atomic E-state index is 12.6. The topological polar surface area (TPSA) is 89.5 Å². The minimum atomic E-state index is -4.75. The largest absolute Gasteiger partial charge is 0.449 e. The van der Waals surface area contributed by atoms with Crippen molar-refractivity contribution in [3.05, 3.63) is 59.7 Å². The SMILES string of the molecule is C[C@H](OC(=O)c1ccc(S(=O)(=O)C(F)F)cc1)C(=O)Nc1ccc(C(C)(C)C)cc1. The monoisotopic (exact) mass is 439 g/mol. The fourth-order valence-corrected chi connectivity index (χ4v) is 3.18. The molecule has 1 atom stereocenters. The minimum Gasteiger partial charge on any atom is -0.449 e. The highest BCUT2D eigenvalue weighted by Gasteiger charge is 2.27. The van der Waals surface area contributed by atoms with Gasteiger partial charge in [0.1, 0.15) is 0 Å². The molecular formula is C21H23F2NO5S. The van der Waals surface area contributed by atoms with Gasteiger partial charge in [-0.2, -0.15) is 8.78 Å². The van der Waals surface area contributed by atoms with Gasteiger partial charge in [-0.1, -0.05) is 32.9 Å². The number of halogens is 2. The van der Waals surface area contributed by atoms with Crippen LogP contribution in [0.25, 0.3) is 0 Å². The molecule has 30 heavy (non-hydrogen) atoms. The summed E-state index contributed by atoms with van der Waals surface area (Å²) in [5.41, 5.74) is 1.53. The molecule has 2 rings (SSSR count). The van der Waals surface area contributed by atoms with Gasteiger partial charge >= 0.3 is 11.7 Å². The van der Waals surface area contributed by atoms with Gasteiger partial charge in [-0.25, -0.2) is 13.2 Å². The second-order valence-electron chi connectivity index (χ2n) is 7.69. The molecule has 9 heteroatoms. The standard InChI is InChI=1S/C21H23F2NO5S/c1-13(18(25)24-16-9-7-15(8-10-16)21(2,3)4)29-19(26)14-5-11-17(12-6-14)30(27,28)20(22)23/h5-13,20H,1-4H3,(H,24,25)/t13-/m0/s1. The summed E-state index contributed by atoms with van der Waals surface area (Å²) < 4.78 is 53.0. The third kappa shape index (κ3) is 5.63. The molecule has 0 aliphatic carbocycles. The lowest BCUT2D eigenvalue weighted by Crippen LogP contribution is -2.30. The first-order valence-electron chi connectivity index (χ1n) is 9.07. The number of esters is 1. The number of amides is 1. The second-order valence-corrected chi connectivity index (χ2v) is 9.61. The van der Waals surface area contributed by atoms with Gasteiger partial charge < -0.3 is 10.1 Å². The number of rotatable bonds is 6. The van der Waals surface area contributed by atoms with E-state index in [1.54, 1.807) is 12.1 Å². The van der Waals surface area contributed by atoms with E-state index in [1.165, 1.54) is 6.92 Å². The summed E-state index contributed by atoms with van der Waals surface area (Å²) in [6, 6.07) is 11.1. The highest BCUT2D eigenvalue weighted by Crippen LogP contribution is 2.23. The zero-order valence-electron chi connectivity index (χ0n) is 17.0. The minimum absolute atomic E-state index is 0.0322. The molecule has 0 unspecified atom stereocenters. The molecule has 0 spiro atoms. The van der Waals surface area contributed by atoms with E-state index in [2.05, 4.69) is 26.1 Å². The van der Waals surface area contributed by atoms with Crippen molar-refractivity contribution in [1.82, 2.24) is 0 Å². The third-order valence-electron chi connectivity index (χ3n) is 4.32. The normalized spacial score (nSPS) is 13.0. The molecule has 2 aromatic rings. The molecule has 2 aromatic carbocycles. The number of hydrogen-bond donors (Lipinski definition) is 1. The number of anilines is 1. The summed E-state index contributed by atoms with van der Waals surface area (Å²) in [6.45, 7) is 7.58. The van der Waals surface area contributed by atoms with Crippen LogP contribution in [-0.4, -0.2) is 32.2 Å². The fraction of sp³-hybridized carbons (Fsp3) is 0.333. The first kappa shape index (κ1) is 23.5. The van der Waals surface area contributed by atoms with Crippen LogP contribution in [0.5, 0.6) is 0 Å². The average molecular weight is 439 g/mol. The van der Waals surface area contributed by atoms with Crippen LogP contribution in [0, 0.1) is 0 Å². The van der Waals surface area contributed by atoms with Gasteiger partial charge in [0, 0.05) is 5.69 Å². The van der Waals surface area contributed by atoms with Crippen molar-refractivity contribution in [3.63, 3.8) is 0 Å². The Hall–Kier alpha value is -2.81. The van der Waals surface area contributed by atoms with E-state index in [0.29, 0.717) is 5.69 Å². The quantitative estimate of drug-likeness (QED) is 0.683. The lowest BCUT2D eigenvalue weighted by atomic mass is 9.87. The maximum Gasteiger partial charge on any atom is 0.341 e. The van der Waals surface area contributed by atoms with E-state index < -0.39 is 38.5 Å². The van der Waals surface area contributed by atoms with E-state index in [4.69, 9.17) is 4.74 Å². The fourth-order valence-electron chi connectivity index (χ4n) is 2.46. The Labute approximate surface area is 174 Å². The third-order valence-corrected chi connectivity index (χ3v) is 5.72. The lowest BCUT2D eigenvalue weighted by Gasteiger charge is -2.19. The lowest BCUT2D eigenvalue weighted by molar-refractivity contribution is -0.123. The molecule has 162 valence electrons. The zero-order chi connectivity index (χ0) is 22.7. The first-order valence-corrected chi connectivity index (χ1v) is 10.6. The van der Waals surface area contributed by atoms with Crippen molar-refractivity contribution < 1.29 is 31.5 Å². The number of nitrogens with one attached hydrogen (secondary N) is 1. The molecule has 0 aliphatic rings. The van der Waals surface area contributed by atoms with Gasteiger partial charge in [0.2, 0.25) is 9.84 Å². The molecule has 1 amide bonds. The van der Waals surface area contributed by atoms with Crippen molar-refractivity contribution in [2.45, 2.75) is 49.9 Å². The van der Waals surface area contributed by atoms with Gasteiger partial charge in [-0.3, -0.25) is 4.79 Å². The number of hydrogen-bond acceptors (Lipinski definition) is 5. The van der Waals surface area contributed by atoms with Crippen LogP contribution in [0.15, 0.2) is 53.4 Å². The van der Waals surface area contributed by atoms with Crippen LogP contribution in [0.3, 0.4) is 0 Å². The molecule has 0 heterocycles. The molecule has 0 bridgehead atoms. The number of sulfone groups is 1. The Bertz CT molecular complexity index is 1010. The molecule has 1 N–H and O–H groups in total. The molecular weight excluding hydrogens is 416 g/mol. The summed E-state index contributed by atoms with van der Waals surface area (Å²) in [5, 5.41) is 2.64. The smallest absolute Gasteiger partial charge is 0.341 e. The van der Waals surface area contributed by atoms with Crippen LogP contribution in [0.1, 0.15) is 43.6 Å². The molecule has 0 saturated heterocycles. The van der Waals surface area contributed by atoms with Crippen molar-refractivity contribution in [2.24, 2.45) is 0 Å². The van der Waals surface area contributed by atoms with Gasteiger partial charge in [-0.15, -0.1) is 0 Å². The van der Waals surface area contributed by atoms with E-state index in [-0.39, 0.29) is 11.0 Å². The molecule has 6 nitrogen and oxygen atoms in total. The molecule has 0 radical (unpaired) electrons. The number of carbonyl (C=O) groups is 2. The Morgan fingerprint density at radius 3 is 1.97 bits per heavy atom. The summed E-state index contributed by atoms with van der Waals surface area (Å²) in [5.74, 6) is -5.00. The number of alkyl halides is 2. The van der Waals surface area contributed by atoms with Crippen molar-refractivity contribution in [3.8, 4) is 0 Å². The van der Waals surface area contributed by atoms with Gasteiger partial charge in [0.05, 0.1) is 10.5 Å². The summed E-state index contributed by atoms with van der Waals surface area (Å²) in [6.07, 6.45) is -1.13. The predicted molar refractivity (Wildman–Crippen MR) is 108 cm³/mol. The highest BCUT2D eigenvalue weighted by atomic mass is 32.2. The van der Waals surface area contributed by atoms with Crippen LogP contribution in [0.2, 0.25) is 0 Å². The highest BCUT2D eigenvalue weighted by molar-refractivity contribution is 7.91. The van der Waals surface area contributed by atoms with E-state index in [9.17, 15) is 26.8 Å². The first-order chi connectivity index (χ1) is 13.8. The Morgan fingerprint density at radius 1 is 0.967 bits per heavy atom. The number of ether oxygens (including phenoxy) is 1. The van der Waals surface area contributed by atoms with Crippen molar-refractivity contribution in [2.75, 3.05) is 5.32 Å². The van der Waals surface area contributed by atoms with Crippen LogP contribution in [0.4, 0.5) is 14.5 Å². The number of carbonyl (C=O) groups excluding carboxylic acids is 2. The Morgan fingerprint density at radius 2 is 1.50 bits per heavy atom. The summed E-state index contributed by atoms with van der Waals surface area (Å²) in [7, 11) is -4.75. The Balaban J connectivity index is 2.00. The van der Waals surface area contributed by atoms with E-state index >= 15 is 0 Å². The van der Waals surface area contributed by atoms with Crippen molar-refractivity contribution >= 4 is 27.4 Å².